The summed E-state index contributed by atoms with van der Waals surface area (Å²) in [5.41, 5.74) is -0.535. The van der Waals surface area contributed by atoms with Crippen molar-refractivity contribution in [2.24, 2.45) is 0 Å². The third kappa shape index (κ3) is 4.05. The van der Waals surface area contributed by atoms with Crippen LogP contribution in [0.4, 0.5) is 13.2 Å². The molecular formula is C16H18F3NO4. The van der Waals surface area contributed by atoms with Gasteiger partial charge in [-0.2, -0.15) is 13.2 Å². The predicted molar refractivity (Wildman–Crippen MR) is 78.4 cm³/mol. The van der Waals surface area contributed by atoms with Gasteiger partial charge >= 0.3 is 12.1 Å². The van der Waals surface area contributed by atoms with E-state index in [1.165, 1.54) is 17.0 Å². The van der Waals surface area contributed by atoms with Crippen molar-refractivity contribution in [2.75, 3.05) is 19.7 Å². The highest BCUT2D eigenvalue weighted by Gasteiger charge is 2.34. The SMILES string of the molecule is CC[C@H](C(=O)N1CCO[C@H](C(=O)O)C1)c1cccc(C(F)(F)F)c1. The van der Waals surface area contributed by atoms with Crippen LogP contribution in [-0.2, 0) is 20.5 Å². The van der Waals surface area contributed by atoms with Crippen molar-refractivity contribution in [1.82, 2.24) is 4.90 Å². The molecule has 2 rings (SSSR count). The third-order valence-corrected chi connectivity index (χ3v) is 3.98. The number of alkyl halides is 3. The Morgan fingerprint density at radius 2 is 2.12 bits per heavy atom. The molecule has 1 aliphatic rings. The van der Waals surface area contributed by atoms with E-state index in [0.717, 1.165) is 12.1 Å². The molecule has 1 aromatic rings. The van der Waals surface area contributed by atoms with Gasteiger partial charge in [0, 0.05) is 6.54 Å². The zero-order chi connectivity index (χ0) is 17.9. The van der Waals surface area contributed by atoms with E-state index in [9.17, 15) is 22.8 Å². The molecule has 132 valence electrons. The average Bonchev–Trinajstić information content (AvgIpc) is 2.55. The normalized spacial score (nSPS) is 19.8. The molecule has 0 bridgehead atoms. The number of morpholine rings is 1. The minimum atomic E-state index is -4.48. The molecule has 0 aliphatic carbocycles. The number of carboxylic acids is 1. The number of hydrogen-bond acceptors (Lipinski definition) is 3. The Morgan fingerprint density at radius 3 is 2.71 bits per heavy atom. The number of amides is 1. The molecule has 1 heterocycles. The van der Waals surface area contributed by atoms with Crippen LogP contribution in [0.1, 0.15) is 30.4 Å². The fourth-order valence-electron chi connectivity index (χ4n) is 2.70. The van der Waals surface area contributed by atoms with E-state index in [1.54, 1.807) is 6.92 Å². The van der Waals surface area contributed by atoms with Crippen LogP contribution in [0.2, 0.25) is 0 Å². The molecule has 0 radical (unpaired) electrons. The van der Waals surface area contributed by atoms with Gasteiger partial charge in [-0.1, -0.05) is 25.1 Å². The number of ether oxygens (including phenoxy) is 1. The van der Waals surface area contributed by atoms with Gasteiger partial charge in [0.25, 0.3) is 0 Å². The number of carbonyl (C=O) groups excluding carboxylic acids is 1. The Hall–Kier alpha value is -2.09. The highest BCUT2D eigenvalue weighted by atomic mass is 19.4. The molecule has 1 N–H and O–H groups in total. The number of benzene rings is 1. The lowest BCUT2D eigenvalue weighted by atomic mass is 9.93. The summed E-state index contributed by atoms with van der Waals surface area (Å²) in [4.78, 5) is 25.0. The van der Waals surface area contributed by atoms with Crippen LogP contribution in [0.15, 0.2) is 24.3 Å². The van der Waals surface area contributed by atoms with Gasteiger partial charge in [-0.05, 0) is 18.1 Å². The van der Waals surface area contributed by atoms with Crippen molar-refractivity contribution < 1.29 is 32.6 Å². The standard InChI is InChI=1S/C16H18F3NO4/c1-2-12(10-4-3-5-11(8-10)16(17,18)19)14(21)20-6-7-24-13(9-20)15(22)23/h3-5,8,12-13H,2,6-7,9H2,1H3,(H,22,23)/t12-,13-/m0/s1. The maximum absolute atomic E-state index is 12.9. The molecule has 2 atom stereocenters. The van der Waals surface area contributed by atoms with E-state index in [4.69, 9.17) is 9.84 Å². The van der Waals surface area contributed by atoms with Gasteiger partial charge < -0.3 is 14.7 Å². The van der Waals surface area contributed by atoms with E-state index in [-0.39, 0.29) is 31.2 Å². The summed E-state index contributed by atoms with van der Waals surface area (Å²) < 4.78 is 43.6. The van der Waals surface area contributed by atoms with Crippen molar-refractivity contribution in [2.45, 2.75) is 31.5 Å². The van der Waals surface area contributed by atoms with Crippen LogP contribution in [0.3, 0.4) is 0 Å². The van der Waals surface area contributed by atoms with E-state index in [1.807, 2.05) is 0 Å². The molecular weight excluding hydrogens is 327 g/mol. The monoisotopic (exact) mass is 345 g/mol. The second-order valence-corrected chi connectivity index (χ2v) is 5.57. The Balaban J connectivity index is 2.21. The van der Waals surface area contributed by atoms with Crippen LogP contribution in [0.25, 0.3) is 0 Å². The van der Waals surface area contributed by atoms with E-state index in [0.29, 0.717) is 6.42 Å². The van der Waals surface area contributed by atoms with Gasteiger partial charge in [-0.25, -0.2) is 4.79 Å². The molecule has 0 unspecified atom stereocenters. The smallest absolute Gasteiger partial charge is 0.416 e. The van der Waals surface area contributed by atoms with Gasteiger partial charge in [-0.3, -0.25) is 4.79 Å². The van der Waals surface area contributed by atoms with E-state index in [2.05, 4.69) is 0 Å². The van der Waals surface area contributed by atoms with Crippen LogP contribution < -0.4 is 0 Å². The van der Waals surface area contributed by atoms with Crippen molar-refractivity contribution >= 4 is 11.9 Å². The molecule has 0 aromatic heterocycles. The largest absolute Gasteiger partial charge is 0.479 e. The fraction of sp³-hybridized carbons (Fsp3) is 0.500. The van der Waals surface area contributed by atoms with Gasteiger partial charge in [0.15, 0.2) is 6.10 Å². The lowest BCUT2D eigenvalue weighted by Gasteiger charge is -2.33. The minimum Gasteiger partial charge on any atom is -0.479 e. The van der Waals surface area contributed by atoms with Gasteiger partial charge in [-0.15, -0.1) is 0 Å². The Kier molecular flexibility index (Phi) is 5.48. The number of hydrogen-bond donors (Lipinski definition) is 1. The number of nitrogens with zero attached hydrogens (tertiary/aromatic N) is 1. The van der Waals surface area contributed by atoms with Crippen molar-refractivity contribution in [3.05, 3.63) is 35.4 Å². The number of aliphatic carboxylic acids is 1. The highest BCUT2D eigenvalue weighted by molar-refractivity contribution is 5.84. The molecule has 1 aromatic carbocycles. The molecule has 1 aliphatic heterocycles. The topological polar surface area (TPSA) is 66.8 Å². The third-order valence-electron chi connectivity index (χ3n) is 3.98. The van der Waals surface area contributed by atoms with Gasteiger partial charge in [0.2, 0.25) is 5.91 Å². The van der Waals surface area contributed by atoms with Crippen LogP contribution >= 0.6 is 0 Å². The summed E-state index contributed by atoms with van der Waals surface area (Å²) >= 11 is 0. The first-order valence-electron chi connectivity index (χ1n) is 7.54. The summed E-state index contributed by atoms with van der Waals surface area (Å²) in [6, 6.07) is 4.68. The first kappa shape index (κ1) is 18.3. The maximum atomic E-state index is 12.9. The highest BCUT2D eigenvalue weighted by Crippen LogP contribution is 2.32. The molecule has 1 fully saturated rings. The molecule has 8 heteroatoms. The summed E-state index contributed by atoms with van der Waals surface area (Å²) in [6.07, 6.45) is -5.28. The molecule has 24 heavy (non-hydrogen) atoms. The minimum absolute atomic E-state index is 0.0851. The molecule has 1 amide bonds. The van der Waals surface area contributed by atoms with Crippen LogP contribution in [0, 0.1) is 0 Å². The molecule has 1 saturated heterocycles. The van der Waals surface area contributed by atoms with Gasteiger partial charge in [0.05, 0.1) is 24.6 Å². The Bertz CT molecular complexity index is 618. The summed E-state index contributed by atoms with van der Waals surface area (Å²) in [6.45, 7) is 1.90. The lowest BCUT2D eigenvalue weighted by molar-refractivity contribution is -0.159. The van der Waals surface area contributed by atoms with Gasteiger partial charge in [0.1, 0.15) is 0 Å². The average molecular weight is 345 g/mol. The first-order valence-corrected chi connectivity index (χ1v) is 7.54. The first-order chi connectivity index (χ1) is 11.2. The number of carbonyl (C=O) groups is 2. The van der Waals surface area contributed by atoms with Crippen LogP contribution in [-0.4, -0.2) is 47.7 Å². The zero-order valence-electron chi connectivity index (χ0n) is 13.0. The van der Waals surface area contributed by atoms with Crippen molar-refractivity contribution in [1.29, 1.82) is 0 Å². The Morgan fingerprint density at radius 1 is 1.42 bits per heavy atom. The second kappa shape index (κ2) is 7.21. The molecule has 5 nitrogen and oxygen atoms in total. The lowest BCUT2D eigenvalue weighted by Crippen LogP contribution is -2.49. The zero-order valence-corrected chi connectivity index (χ0v) is 13.0. The predicted octanol–water partition coefficient (Wildman–Crippen LogP) is 2.51. The maximum Gasteiger partial charge on any atom is 0.416 e. The summed E-state index contributed by atoms with van der Waals surface area (Å²) in [7, 11) is 0. The van der Waals surface area contributed by atoms with Crippen molar-refractivity contribution in [3.63, 3.8) is 0 Å². The van der Waals surface area contributed by atoms with Crippen molar-refractivity contribution in [3.8, 4) is 0 Å². The number of rotatable bonds is 4. The number of halogens is 3. The quantitative estimate of drug-likeness (QED) is 0.911. The summed E-state index contributed by atoms with van der Waals surface area (Å²) in [5.74, 6) is -2.30. The Labute approximate surface area is 137 Å². The number of carboxylic acid groups (broad SMARTS) is 1. The molecule has 0 saturated carbocycles. The van der Waals surface area contributed by atoms with E-state index < -0.39 is 29.7 Å². The van der Waals surface area contributed by atoms with E-state index >= 15 is 0 Å². The fourth-order valence-corrected chi connectivity index (χ4v) is 2.70. The summed E-state index contributed by atoms with van der Waals surface area (Å²) in [5, 5.41) is 8.99. The van der Waals surface area contributed by atoms with Crippen LogP contribution in [0.5, 0.6) is 0 Å². The second-order valence-electron chi connectivity index (χ2n) is 5.57. The molecule has 0 spiro atoms.